The standard InChI is InChI=1S/C9H15N3O4S/c1-12(6-2-3-17(15,16)5-6)9(14)7-4-8(13)11-10-7/h6-7,10H,2-5H2,1H3,(H,11,13). The monoisotopic (exact) mass is 261 g/mol. The summed E-state index contributed by atoms with van der Waals surface area (Å²) in [4.78, 5) is 24.4. The Hall–Kier alpha value is -1.15. The van der Waals surface area contributed by atoms with E-state index in [2.05, 4.69) is 10.9 Å². The van der Waals surface area contributed by atoms with E-state index in [0.29, 0.717) is 6.42 Å². The Bertz CT molecular complexity index is 447. The van der Waals surface area contributed by atoms with Crippen LogP contribution in [-0.4, -0.2) is 55.8 Å². The summed E-state index contributed by atoms with van der Waals surface area (Å²) >= 11 is 0. The maximum Gasteiger partial charge on any atom is 0.242 e. The molecule has 7 nitrogen and oxygen atoms in total. The predicted octanol–water partition coefficient (Wildman–Crippen LogP) is -1.97. The van der Waals surface area contributed by atoms with E-state index in [4.69, 9.17) is 0 Å². The largest absolute Gasteiger partial charge is 0.340 e. The van der Waals surface area contributed by atoms with Crippen molar-refractivity contribution >= 4 is 21.7 Å². The minimum absolute atomic E-state index is 0.0172. The van der Waals surface area contributed by atoms with Gasteiger partial charge in [-0.25, -0.2) is 13.8 Å². The van der Waals surface area contributed by atoms with Crippen LogP contribution in [0.4, 0.5) is 0 Å². The van der Waals surface area contributed by atoms with Crippen LogP contribution in [0.15, 0.2) is 0 Å². The number of amides is 2. The molecule has 2 unspecified atom stereocenters. The van der Waals surface area contributed by atoms with Crippen LogP contribution < -0.4 is 10.9 Å². The highest BCUT2D eigenvalue weighted by molar-refractivity contribution is 7.91. The molecule has 0 aromatic rings. The van der Waals surface area contributed by atoms with E-state index < -0.39 is 15.9 Å². The molecule has 2 N–H and O–H groups in total. The van der Waals surface area contributed by atoms with Crippen LogP contribution >= 0.6 is 0 Å². The van der Waals surface area contributed by atoms with Crippen molar-refractivity contribution in [1.82, 2.24) is 15.8 Å². The number of nitrogens with zero attached hydrogens (tertiary/aromatic N) is 1. The Morgan fingerprint density at radius 1 is 1.47 bits per heavy atom. The van der Waals surface area contributed by atoms with Crippen molar-refractivity contribution in [1.29, 1.82) is 0 Å². The van der Waals surface area contributed by atoms with Gasteiger partial charge in [-0.15, -0.1) is 0 Å². The number of rotatable bonds is 2. The van der Waals surface area contributed by atoms with Crippen molar-refractivity contribution in [3.05, 3.63) is 0 Å². The minimum Gasteiger partial charge on any atom is -0.340 e. The quantitative estimate of drug-likeness (QED) is 0.601. The van der Waals surface area contributed by atoms with E-state index in [9.17, 15) is 18.0 Å². The molecule has 2 rings (SSSR count). The van der Waals surface area contributed by atoms with Crippen molar-refractivity contribution < 1.29 is 18.0 Å². The minimum atomic E-state index is -3.01. The van der Waals surface area contributed by atoms with Crippen LogP contribution in [-0.2, 0) is 19.4 Å². The number of carbonyl (C=O) groups is 2. The van der Waals surface area contributed by atoms with Crippen LogP contribution in [0.25, 0.3) is 0 Å². The van der Waals surface area contributed by atoms with E-state index in [0.717, 1.165) is 0 Å². The highest BCUT2D eigenvalue weighted by atomic mass is 32.2. The van der Waals surface area contributed by atoms with Crippen molar-refractivity contribution in [2.75, 3.05) is 18.6 Å². The summed E-state index contributed by atoms with van der Waals surface area (Å²) in [6.45, 7) is 0. The molecule has 0 aromatic carbocycles. The van der Waals surface area contributed by atoms with Gasteiger partial charge < -0.3 is 4.90 Å². The van der Waals surface area contributed by atoms with Crippen molar-refractivity contribution in [2.24, 2.45) is 0 Å². The number of hydrazine groups is 1. The summed E-state index contributed by atoms with van der Waals surface area (Å²) in [6, 6.07) is -0.860. The van der Waals surface area contributed by atoms with Crippen LogP contribution in [0.3, 0.4) is 0 Å². The van der Waals surface area contributed by atoms with E-state index in [1.807, 2.05) is 0 Å². The van der Waals surface area contributed by atoms with Gasteiger partial charge in [-0.2, -0.15) is 0 Å². The summed E-state index contributed by atoms with van der Waals surface area (Å²) in [6.07, 6.45) is 0.571. The molecule has 2 heterocycles. The fourth-order valence-corrected chi connectivity index (χ4v) is 3.89. The third-order valence-electron chi connectivity index (χ3n) is 3.18. The molecule has 0 spiro atoms. The second-order valence-electron chi connectivity index (χ2n) is 4.46. The Morgan fingerprint density at radius 2 is 2.18 bits per heavy atom. The molecule has 0 radical (unpaired) electrons. The number of sulfone groups is 1. The van der Waals surface area contributed by atoms with E-state index in [-0.39, 0.29) is 35.8 Å². The van der Waals surface area contributed by atoms with Crippen LogP contribution in [0.2, 0.25) is 0 Å². The van der Waals surface area contributed by atoms with E-state index in [1.54, 1.807) is 7.05 Å². The van der Waals surface area contributed by atoms with Crippen molar-refractivity contribution in [2.45, 2.75) is 24.9 Å². The van der Waals surface area contributed by atoms with Crippen molar-refractivity contribution in [3.63, 3.8) is 0 Å². The van der Waals surface area contributed by atoms with Gasteiger partial charge in [0.25, 0.3) is 0 Å². The van der Waals surface area contributed by atoms with Gasteiger partial charge in [-0.1, -0.05) is 0 Å². The van der Waals surface area contributed by atoms with Gasteiger partial charge in [0.1, 0.15) is 6.04 Å². The lowest BCUT2D eigenvalue weighted by Gasteiger charge is -2.25. The summed E-state index contributed by atoms with van der Waals surface area (Å²) < 4.78 is 22.6. The summed E-state index contributed by atoms with van der Waals surface area (Å²) in [5.74, 6) is -0.324. The fraction of sp³-hybridized carbons (Fsp3) is 0.778. The third-order valence-corrected chi connectivity index (χ3v) is 4.93. The van der Waals surface area contributed by atoms with Gasteiger partial charge in [0, 0.05) is 13.1 Å². The van der Waals surface area contributed by atoms with Crippen molar-refractivity contribution in [3.8, 4) is 0 Å². The zero-order valence-electron chi connectivity index (χ0n) is 9.47. The maximum atomic E-state index is 12.0. The zero-order chi connectivity index (χ0) is 12.6. The van der Waals surface area contributed by atoms with E-state index >= 15 is 0 Å². The second-order valence-corrected chi connectivity index (χ2v) is 6.68. The second kappa shape index (κ2) is 4.26. The molecule has 2 saturated heterocycles. The third kappa shape index (κ3) is 2.58. The fourth-order valence-electron chi connectivity index (χ4n) is 2.11. The summed E-state index contributed by atoms with van der Waals surface area (Å²) in [5.41, 5.74) is 4.95. The molecule has 96 valence electrons. The molecule has 0 saturated carbocycles. The first-order valence-corrected chi connectivity index (χ1v) is 7.22. The number of nitrogens with one attached hydrogen (secondary N) is 2. The zero-order valence-corrected chi connectivity index (χ0v) is 10.3. The SMILES string of the molecule is CN(C(=O)C1CC(=O)NN1)C1CCS(=O)(=O)C1. The molecular formula is C9H15N3O4S. The van der Waals surface area contributed by atoms with Crippen LogP contribution in [0.5, 0.6) is 0 Å². The van der Waals surface area contributed by atoms with Gasteiger partial charge >= 0.3 is 0 Å². The average molecular weight is 261 g/mol. The first-order chi connectivity index (χ1) is 7.89. The smallest absolute Gasteiger partial charge is 0.242 e. The molecule has 17 heavy (non-hydrogen) atoms. The first kappa shape index (κ1) is 12.3. The molecule has 8 heteroatoms. The average Bonchev–Trinajstić information content (AvgIpc) is 2.82. The molecular weight excluding hydrogens is 246 g/mol. The number of hydrogen-bond acceptors (Lipinski definition) is 5. The van der Waals surface area contributed by atoms with Crippen LogP contribution in [0, 0.1) is 0 Å². The highest BCUT2D eigenvalue weighted by Crippen LogP contribution is 2.18. The number of likely N-dealkylation sites (N-methyl/N-ethyl adjacent to an activating group) is 1. The van der Waals surface area contributed by atoms with Gasteiger partial charge in [-0.3, -0.25) is 15.0 Å². The van der Waals surface area contributed by atoms with Gasteiger partial charge in [0.05, 0.1) is 17.9 Å². The lowest BCUT2D eigenvalue weighted by atomic mass is 10.1. The van der Waals surface area contributed by atoms with E-state index in [1.165, 1.54) is 4.90 Å². The van der Waals surface area contributed by atoms with Gasteiger partial charge in [-0.05, 0) is 6.42 Å². The Labute approximate surface area is 99.4 Å². The lowest BCUT2D eigenvalue weighted by Crippen LogP contribution is -2.48. The Morgan fingerprint density at radius 3 is 2.65 bits per heavy atom. The summed E-state index contributed by atoms with van der Waals surface area (Å²) in [5, 5.41) is 0. The molecule has 0 bridgehead atoms. The maximum absolute atomic E-state index is 12.0. The van der Waals surface area contributed by atoms with Gasteiger partial charge in [0.2, 0.25) is 11.8 Å². The number of carbonyl (C=O) groups excluding carboxylic acids is 2. The first-order valence-electron chi connectivity index (χ1n) is 5.40. The molecule has 0 aromatic heterocycles. The topological polar surface area (TPSA) is 95.6 Å². The predicted molar refractivity (Wildman–Crippen MR) is 59.5 cm³/mol. The Kier molecular flexibility index (Phi) is 3.09. The van der Waals surface area contributed by atoms with Gasteiger partial charge in [0.15, 0.2) is 9.84 Å². The molecule has 2 atom stereocenters. The molecule has 2 fully saturated rings. The molecule has 2 aliphatic heterocycles. The summed E-state index contributed by atoms with van der Waals surface area (Å²) in [7, 11) is -1.42. The molecule has 0 aliphatic carbocycles. The normalized spacial score (nSPS) is 31.2. The van der Waals surface area contributed by atoms with Crippen LogP contribution in [0.1, 0.15) is 12.8 Å². The molecule has 2 aliphatic rings. The number of hydrogen-bond donors (Lipinski definition) is 2. The highest BCUT2D eigenvalue weighted by Gasteiger charge is 2.37. The molecule has 2 amide bonds. The lowest BCUT2D eigenvalue weighted by molar-refractivity contribution is -0.134. The Balaban J connectivity index is 1.98.